The van der Waals surface area contributed by atoms with Crippen LogP contribution >= 0.6 is 11.3 Å². The van der Waals surface area contributed by atoms with Crippen LogP contribution in [0, 0.1) is 0 Å². The summed E-state index contributed by atoms with van der Waals surface area (Å²) in [4.78, 5) is 15.4. The van der Waals surface area contributed by atoms with E-state index in [1.165, 1.54) is 11.3 Å². The van der Waals surface area contributed by atoms with Gasteiger partial charge in [-0.15, -0.1) is 21.5 Å². The number of hydrogen-bond donors (Lipinski definition) is 0. The monoisotopic (exact) mass is 338 g/mol. The van der Waals surface area contributed by atoms with Crippen LogP contribution in [0.15, 0.2) is 54.2 Å². The van der Waals surface area contributed by atoms with E-state index in [1.807, 2.05) is 57.3 Å². The Labute approximate surface area is 144 Å². The molecule has 6 heteroatoms. The SMILES string of the molecule is O=C(c1cccs1)N1CCCC(c2nncn2-c2ccccc2)C1. The summed E-state index contributed by atoms with van der Waals surface area (Å²) in [5.41, 5.74) is 1.05. The second-order valence-corrected chi connectivity index (χ2v) is 6.91. The first-order chi connectivity index (χ1) is 11.8. The normalized spacial score (nSPS) is 17.8. The van der Waals surface area contributed by atoms with Crippen LogP contribution < -0.4 is 0 Å². The molecule has 122 valence electrons. The molecule has 1 fully saturated rings. The van der Waals surface area contributed by atoms with Crippen molar-refractivity contribution in [3.05, 3.63) is 64.9 Å². The van der Waals surface area contributed by atoms with E-state index < -0.39 is 0 Å². The van der Waals surface area contributed by atoms with Gasteiger partial charge in [-0.3, -0.25) is 9.36 Å². The molecule has 1 aliphatic rings. The standard InChI is InChI=1S/C18H18N4OS/c23-18(16-9-5-11-24-16)21-10-4-6-14(12-21)17-20-19-13-22(17)15-7-2-1-3-8-15/h1-3,5,7-9,11,13-14H,4,6,10,12H2. The third kappa shape index (κ3) is 2.85. The summed E-state index contributed by atoms with van der Waals surface area (Å²) < 4.78 is 2.03. The predicted molar refractivity (Wildman–Crippen MR) is 93.6 cm³/mol. The van der Waals surface area contributed by atoms with Crippen molar-refractivity contribution in [2.45, 2.75) is 18.8 Å². The van der Waals surface area contributed by atoms with Gasteiger partial charge in [-0.1, -0.05) is 24.3 Å². The van der Waals surface area contributed by atoms with Gasteiger partial charge in [0.2, 0.25) is 0 Å². The fourth-order valence-corrected chi connectivity index (χ4v) is 3.93. The Hall–Kier alpha value is -2.47. The lowest BCUT2D eigenvalue weighted by atomic mass is 9.97. The van der Waals surface area contributed by atoms with Crippen molar-refractivity contribution >= 4 is 17.2 Å². The molecular formula is C18H18N4OS. The fraction of sp³-hybridized carbons (Fsp3) is 0.278. The maximum Gasteiger partial charge on any atom is 0.263 e. The number of aromatic nitrogens is 3. The van der Waals surface area contributed by atoms with Crippen molar-refractivity contribution in [3.63, 3.8) is 0 Å². The first kappa shape index (κ1) is 15.1. The van der Waals surface area contributed by atoms with E-state index in [0.29, 0.717) is 6.54 Å². The van der Waals surface area contributed by atoms with Crippen molar-refractivity contribution in [1.82, 2.24) is 19.7 Å². The molecule has 0 radical (unpaired) electrons. The molecule has 0 spiro atoms. The number of carbonyl (C=O) groups is 1. The summed E-state index contributed by atoms with van der Waals surface area (Å²) in [7, 11) is 0. The van der Waals surface area contributed by atoms with Crippen molar-refractivity contribution in [2.75, 3.05) is 13.1 Å². The number of para-hydroxylation sites is 1. The third-order valence-electron chi connectivity index (χ3n) is 4.41. The highest BCUT2D eigenvalue weighted by atomic mass is 32.1. The smallest absolute Gasteiger partial charge is 0.263 e. The third-order valence-corrected chi connectivity index (χ3v) is 5.27. The van der Waals surface area contributed by atoms with Crippen LogP contribution in [-0.4, -0.2) is 38.7 Å². The van der Waals surface area contributed by atoms with Crippen LogP contribution in [0.3, 0.4) is 0 Å². The van der Waals surface area contributed by atoms with Gasteiger partial charge in [-0.05, 0) is 36.4 Å². The maximum atomic E-state index is 12.6. The molecule has 3 heterocycles. The summed E-state index contributed by atoms with van der Waals surface area (Å²) in [5.74, 6) is 1.27. The van der Waals surface area contributed by atoms with Crippen molar-refractivity contribution in [3.8, 4) is 5.69 Å². The van der Waals surface area contributed by atoms with Gasteiger partial charge in [0, 0.05) is 24.7 Å². The van der Waals surface area contributed by atoms with E-state index in [0.717, 1.165) is 35.8 Å². The number of nitrogens with zero attached hydrogens (tertiary/aromatic N) is 4. The molecule has 0 aliphatic carbocycles. The van der Waals surface area contributed by atoms with Gasteiger partial charge in [0.25, 0.3) is 5.91 Å². The molecule has 0 N–H and O–H groups in total. The Morgan fingerprint density at radius 1 is 1.17 bits per heavy atom. The van der Waals surface area contributed by atoms with Crippen LogP contribution in [0.4, 0.5) is 0 Å². The summed E-state index contributed by atoms with van der Waals surface area (Å²) >= 11 is 1.50. The highest BCUT2D eigenvalue weighted by Gasteiger charge is 2.29. The van der Waals surface area contributed by atoms with Gasteiger partial charge in [0.15, 0.2) is 0 Å². The Bertz CT molecular complexity index is 813. The minimum absolute atomic E-state index is 0.125. The number of amides is 1. The molecule has 1 unspecified atom stereocenters. The van der Waals surface area contributed by atoms with Crippen LogP contribution in [0.5, 0.6) is 0 Å². The molecular weight excluding hydrogens is 320 g/mol. The highest BCUT2D eigenvalue weighted by Crippen LogP contribution is 2.28. The fourth-order valence-electron chi connectivity index (χ4n) is 3.24. The van der Waals surface area contributed by atoms with Gasteiger partial charge in [-0.25, -0.2) is 0 Å². The van der Waals surface area contributed by atoms with Crippen LogP contribution in [-0.2, 0) is 0 Å². The largest absolute Gasteiger partial charge is 0.337 e. The zero-order chi connectivity index (χ0) is 16.4. The molecule has 0 saturated carbocycles. The van der Waals surface area contributed by atoms with Gasteiger partial charge in [-0.2, -0.15) is 0 Å². The zero-order valence-electron chi connectivity index (χ0n) is 13.2. The number of rotatable bonds is 3. The average molecular weight is 338 g/mol. The predicted octanol–water partition coefficient (Wildman–Crippen LogP) is 3.35. The van der Waals surface area contributed by atoms with E-state index in [-0.39, 0.29) is 11.8 Å². The molecule has 3 aromatic rings. The Balaban J connectivity index is 1.57. The molecule has 2 aromatic heterocycles. The first-order valence-electron chi connectivity index (χ1n) is 8.11. The van der Waals surface area contributed by atoms with Crippen molar-refractivity contribution < 1.29 is 4.79 Å². The molecule has 5 nitrogen and oxygen atoms in total. The summed E-state index contributed by atoms with van der Waals surface area (Å²) in [5, 5.41) is 10.4. The lowest BCUT2D eigenvalue weighted by molar-refractivity contribution is 0.0709. The Morgan fingerprint density at radius 2 is 2.04 bits per heavy atom. The van der Waals surface area contributed by atoms with Crippen molar-refractivity contribution in [1.29, 1.82) is 0 Å². The highest BCUT2D eigenvalue weighted by molar-refractivity contribution is 7.12. The minimum Gasteiger partial charge on any atom is -0.337 e. The summed E-state index contributed by atoms with van der Waals surface area (Å²) in [6, 6.07) is 13.9. The van der Waals surface area contributed by atoms with Gasteiger partial charge >= 0.3 is 0 Å². The minimum atomic E-state index is 0.125. The van der Waals surface area contributed by atoms with Crippen LogP contribution in [0.2, 0.25) is 0 Å². The molecule has 1 atom stereocenters. The first-order valence-corrected chi connectivity index (χ1v) is 8.99. The van der Waals surface area contributed by atoms with Crippen LogP contribution in [0.1, 0.15) is 34.3 Å². The second kappa shape index (κ2) is 6.57. The Morgan fingerprint density at radius 3 is 2.83 bits per heavy atom. The quantitative estimate of drug-likeness (QED) is 0.736. The number of hydrogen-bond acceptors (Lipinski definition) is 4. The van der Waals surface area contributed by atoms with Crippen LogP contribution in [0.25, 0.3) is 5.69 Å². The number of thiophene rings is 1. The lowest BCUT2D eigenvalue weighted by Gasteiger charge is -2.32. The van der Waals surface area contributed by atoms with Crippen molar-refractivity contribution in [2.24, 2.45) is 0 Å². The number of piperidine rings is 1. The molecule has 1 saturated heterocycles. The molecule has 1 aliphatic heterocycles. The van der Waals surface area contributed by atoms with E-state index >= 15 is 0 Å². The molecule has 1 aromatic carbocycles. The lowest BCUT2D eigenvalue weighted by Crippen LogP contribution is -2.39. The van der Waals surface area contributed by atoms with E-state index in [9.17, 15) is 4.79 Å². The molecule has 1 amide bonds. The van der Waals surface area contributed by atoms with E-state index in [1.54, 1.807) is 6.33 Å². The summed E-state index contributed by atoms with van der Waals surface area (Å²) in [6.07, 6.45) is 3.77. The number of likely N-dealkylation sites (tertiary alicyclic amines) is 1. The van der Waals surface area contributed by atoms with Gasteiger partial charge in [0.1, 0.15) is 12.2 Å². The van der Waals surface area contributed by atoms with Gasteiger partial charge in [0.05, 0.1) is 4.88 Å². The zero-order valence-corrected chi connectivity index (χ0v) is 14.0. The second-order valence-electron chi connectivity index (χ2n) is 5.96. The molecule has 4 rings (SSSR count). The topological polar surface area (TPSA) is 51.0 Å². The number of benzene rings is 1. The summed E-state index contributed by atoms with van der Waals surface area (Å²) in [6.45, 7) is 1.51. The van der Waals surface area contributed by atoms with Gasteiger partial charge < -0.3 is 4.90 Å². The average Bonchev–Trinajstić information content (AvgIpc) is 3.34. The Kier molecular flexibility index (Phi) is 4.13. The maximum absolute atomic E-state index is 12.6. The number of carbonyl (C=O) groups excluding carboxylic acids is 1. The molecule has 0 bridgehead atoms. The molecule has 24 heavy (non-hydrogen) atoms. The van der Waals surface area contributed by atoms with E-state index in [4.69, 9.17) is 0 Å². The van der Waals surface area contributed by atoms with E-state index in [2.05, 4.69) is 10.2 Å².